The molecule has 2 unspecified atom stereocenters. The lowest BCUT2D eigenvalue weighted by Gasteiger charge is -2.45. The molecule has 2 saturated carbocycles. The van der Waals surface area contributed by atoms with E-state index in [1.807, 2.05) is 6.07 Å². The topological polar surface area (TPSA) is 44.7 Å². The molecular weight excluding hydrogens is 464 g/mol. The van der Waals surface area contributed by atoms with Gasteiger partial charge in [-0.15, -0.1) is 0 Å². The second kappa shape index (κ2) is 7.91. The Bertz CT molecular complexity index is 1560. The number of ketones is 1. The van der Waals surface area contributed by atoms with Gasteiger partial charge in [0.15, 0.2) is 17.5 Å². The van der Waals surface area contributed by atoms with Crippen LogP contribution in [-0.2, 0) is 26.6 Å². The van der Waals surface area contributed by atoms with Crippen LogP contribution in [0.1, 0.15) is 127 Å². The zero-order chi connectivity index (χ0) is 26.5. The number of nitriles is 1. The lowest BCUT2D eigenvalue weighted by Crippen LogP contribution is -2.66. The third-order valence-electron chi connectivity index (χ3n) is 12.3. The molecule has 2 heterocycles. The van der Waals surface area contributed by atoms with Crippen molar-refractivity contribution in [2.24, 2.45) is 0 Å². The standard InChI is InChI=1S/C35H41N2O/c1-5-32(3)26-16-13-23(21-36)24-14-15-25-29-27(22-37(30(25)28(24)26)33(32,4)6-2)34(17-9-7-10-18-34)31(38)35(29)19-11-8-12-20-35/h13-16,22H,5-12,17-20H2,1-4H3/q+1. The summed E-state index contributed by atoms with van der Waals surface area (Å²) in [6.45, 7) is 9.53. The van der Waals surface area contributed by atoms with Crippen LogP contribution in [0.25, 0.3) is 21.7 Å². The van der Waals surface area contributed by atoms with Crippen molar-refractivity contribution in [3.05, 3.63) is 52.7 Å². The second-order valence-electron chi connectivity index (χ2n) is 13.4. The van der Waals surface area contributed by atoms with E-state index in [0.717, 1.165) is 75.2 Å². The van der Waals surface area contributed by atoms with Crippen molar-refractivity contribution in [3.8, 4) is 6.07 Å². The van der Waals surface area contributed by atoms with E-state index in [4.69, 9.17) is 0 Å². The lowest BCUT2D eigenvalue weighted by molar-refractivity contribution is -0.751. The van der Waals surface area contributed by atoms with Crippen molar-refractivity contribution in [3.63, 3.8) is 0 Å². The second-order valence-corrected chi connectivity index (χ2v) is 13.4. The van der Waals surface area contributed by atoms with Gasteiger partial charge in [-0.05, 0) is 62.3 Å². The van der Waals surface area contributed by atoms with Gasteiger partial charge in [0, 0.05) is 24.3 Å². The number of carbonyl (C=O) groups excluding carboxylic acids is 1. The first-order valence-electron chi connectivity index (χ1n) is 15.3. The average Bonchev–Trinajstić information content (AvgIpc) is 3.14. The highest BCUT2D eigenvalue weighted by atomic mass is 16.1. The fourth-order valence-corrected chi connectivity index (χ4v) is 9.77. The minimum Gasteiger partial charge on any atom is -0.298 e. The summed E-state index contributed by atoms with van der Waals surface area (Å²) < 4.78 is 2.62. The van der Waals surface area contributed by atoms with E-state index < -0.39 is 0 Å². The van der Waals surface area contributed by atoms with Crippen LogP contribution in [0.2, 0.25) is 0 Å². The van der Waals surface area contributed by atoms with Gasteiger partial charge in [-0.3, -0.25) is 4.79 Å². The molecule has 0 amide bonds. The van der Waals surface area contributed by atoms with E-state index in [9.17, 15) is 10.1 Å². The van der Waals surface area contributed by atoms with Gasteiger partial charge in [0.25, 0.3) is 0 Å². The van der Waals surface area contributed by atoms with Gasteiger partial charge in [0.2, 0.25) is 5.52 Å². The lowest BCUT2D eigenvalue weighted by atomic mass is 9.60. The van der Waals surface area contributed by atoms with Crippen molar-refractivity contribution in [2.75, 3.05) is 0 Å². The van der Waals surface area contributed by atoms with Crippen LogP contribution in [-0.4, -0.2) is 5.78 Å². The molecule has 196 valence electrons. The number of Topliss-reactive ketones (excluding diaryl/α,β-unsaturated/α-hetero) is 1. The van der Waals surface area contributed by atoms with Gasteiger partial charge in [-0.2, -0.15) is 9.83 Å². The molecule has 7 rings (SSSR count). The summed E-state index contributed by atoms with van der Waals surface area (Å²) in [6.07, 6.45) is 15.6. The molecule has 3 aromatic rings. The summed E-state index contributed by atoms with van der Waals surface area (Å²) in [5.74, 6) is 0.556. The van der Waals surface area contributed by atoms with Crippen molar-refractivity contribution in [1.29, 1.82) is 5.26 Å². The van der Waals surface area contributed by atoms with Crippen molar-refractivity contribution < 1.29 is 9.36 Å². The molecule has 2 fully saturated rings. The highest BCUT2D eigenvalue weighted by Crippen LogP contribution is 2.61. The van der Waals surface area contributed by atoms with Gasteiger partial charge in [0.1, 0.15) is 0 Å². The average molecular weight is 506 g/mol. The van der Waals surface area contributed by atoms with Crippen LogP contribution in [0.15, 0.2) is 30.5 Å². The zero-order valence-corrected chi connectivity index (χ0v) is 23.7. The molecule has 2 atom stereocenters. The Morgan fingerprint density at radius 3 is 2.05 bits per heavy atom. The Labute approximate surface area is 227 Å². The van der Waals surface area contributed by atoms with Gasteiger partial charge < -0.3 is 0 Å². The number of fused-ring (bicyclic) bond motifs is 4. The molecular formula is C35H41N2O+. The van der Waals surface area contributed by atoms with Crippen LogP contribution in [0.5, 0.6) is 0 Å². The summed E-state index contributed by atoms with van der Waals surface area (Å²) >= 11 is 0. The number of nitrogens with zero attached hydrogens (tertiary/aromatic N) is 2. The fraction of sp³-hybridized carbons (Fsp3) is 0.571. The molecule has 2 aromatic carbocycles. The highest BCUT2D eigenvalue weighted by molar-refractivity contribution is 6.14. The number of benzene rings is 2. The number of hydrogen-bond acceptors (Lipinski definition) is 2. The molecule has 0 saturated heterocycles. The molecule has 3 heteroatoms. The predicted molar refractivity (Wildman–Crippen MR) is 152 cm³/mol. The maximum Gasteiger partial charge on any atom is 0.221 e. The van der Waals surface area contributed by atoms with E-state index in [1.54, 1.807) is 0 Å². The summed E-state index contributed by atoms with van der Waals surface area (Å²) in [4.78, 5) is 14.9. The summed E-state index contributed by atoms with van der Waals surface area (Å²) in [5.41, 5.74) is 5.28. The molecule has 38 heavy (non-hydrogen) atoms. The van der Waals surface area contributed by atoms with E-state index in [1.165, 1.54) is 45.8 Å². The monoisotopic (exact) mass is 505 g/mol. The molecule has 4 aliphatic rings. The van der Waals surface area contributed by atoms with Gasteiger partial charge in [-0.1, -0.05) is 64.5 Å². The van der Waals surface area contributed by atoms with Gasteiger partial charge in [-0.25, -0.2) is 0 Å². The molecule has 0 bridgehead atoms. The summed E-state index contributed by atoms with van der Waals surface area (Å²) in [6, 6.07) is 11.3. The smallest absolute Gasteiger partial charge is 0.221 e. The predicted octanol–water partition coefficient (Wildman–Crippen LogP) is 7.95. The highest BCUT2D eigenvalue weighted by Gasteiger charge is 2.64. The van der Waals surface area contributed by atoms with Crippen molar-refractivity contribution in [2.45, 2.75) is 127 Å². The Balaban J connectivity index is 1.72. The molecule has 0 N–H and O–H groups in total. The van der Waals surface area contributed by atoms with Gasteiger partial charge >= 0.3 is 0 Å². The first-order valence-corrected chi connectivity index (χ1v) is 15.3. The quantitative estimate of drug-likeness (QED) is 0.262. The first kappa shape index (κ1) is 24.3. The fourth-order valence-electron chi connectivity index (χ4n) is 9.77. The van der Waals surface area contributed by atoms with Crippen LogP contribution < -0.4 is 4.57 Å². The Morgan fingerprint density at radius 1 is 0.816 bits per heavy atom. The van der Waals surface area contributed by atoms with Crippen LogP contribution in [0.4, 0.5) is 0 Å². The molecule has 3 aliphatic carbocycles. The first-order chi connectivity index (χ1) is 18.3. The number of rotatable bonds is 2. The van der Waals surface area contributed by atoms with Crippen LogP contribution >= 0.6 is 0 Å². The van der Waals surface area contributed by atoms with E-state index in [0.29, 0.717) is 5.78 Å². The zero-order valence-electron chi connectivity index (χ0n) is 23.7. The SMILES string of the molecule is CCC1(C)c2ccc(C#N)c3ccc4c5c(c[n+](c4c23)C1(C)CC)C1(CCCCC1)C(=O)C51CCCCC1. The molecule has 1 aromatic heterocycles. The Kier molecular flexibility index (Phi) is 5.06. The third-order valence-corrected chi connectivity index (χ3v) is 12.3. The Hall–Kier alpha value is -2.73. The summed E-state index contributed by atoms with van der Waals surface area (Å²) in [7, 11) is 0. The minimum atomic E-state index is -0.335. The summed E-state index contributed by atoms with van der Waals surface area (Å²) in [5, 5.41) is 13.7. The number of carbonyl (C=O) groups is 1. The maximum absolute atomic E-state index is 14.9. The van der Waals surface area contributed by atoms with E-state index >= 15 is 0 Å². The third kappa shape index (κ3) is 2.56. The Morgan fingerprint density at radius 2 is 1.45 bits per heavy atom. The minimum absolute atomic E-state index is 0.0843. The van der Waals surface area contributed by atoms with E-state index in [-0.39, 0.29) is 21.8 Å². The molecule has 2 spiro atoms. The van der Waals surface area contributed by atoms with Gasteiger partial charge in [0.05, 0.1) is 38.7 Å². The van der Waals surface area contributed by atoms with Crippen LogP contribution in [0.3, 0.4) is 0 Å². The van der Waals surface area contributed by atoms with Crippen LogP contribution in [0, 0.1) is 11.3 Å². The number of aromatic nitrogens is 1. The molecule has 0 radical (unpaired) electrons. The largest absolute Gasteiger partial charge is 0.298 e. The van der Waals surface area contributed by atoms with Crippen molar-refractivity contribution >= 4 is 27.5 Å². The van der Waals surface area contributed by atoms with E-state index in [2.05, 4.69) is 62.7 Å². The number of pyridine rings is 1. The molecule has 3 nitrogen and oxygen atoms in total. The normalized spacial score (nSPS) is 28.9. The maximum atomic E-state index is 14.9. The molecule has 1 aliphatic heterocycles. The number of hydrogen-bond donors (Lipinski definition) is 0. The van der Waals surface area contributed by atoms with Crippen molar-refractivity contribution in [1.82, 2.24) is 0 Å².